The Morgan fingerprint density at radius 2 is 2.22 bits per heavy atom. The fourth-order valence-electron chi connectivity index (χ4n) is 0.746. The van der Waals surface area contributed by atoms with Crippen molar-refractivity contribution in [3.8, 4) is 0 Å². The van der Waals surface area contributed by atoms with E-state index in [1.807, 2.05) is 0 Å². The number of carbonyl (C=O) groups excluding carboxylic acids is 1. The fraction of sp³-hybridized carbons (Fsp3) is 0.800. The summed E-state index contributed by atoms with van der Waals surface area (Å²) in [5.74, 6) is -0.0243. The molecule has 1 aliphatic heterocycles. The van der Waals surface area contributed by atoms with Crippen LogP contribution in [-0.4, -0.2) is 47.8 Å². The lowest BCUT2D eigenvalue weighted by Crippen LogP contribution is -2.46. The molecule has 1 N–H and O–H groups in total. The molecule has 1 aliphatic rings. The van der Waals surface area contributed by atoms with Crippen LogP contribution in [0, 0.1) is 0 Å². The largest absolute Gasteiger partial charge is 0.343 e. The van der Waals surface area contributed by atoms with Crippen molar-refractivity contribution < 1.29 is 10.0 Å². The maximum absolute atomic E-state index is 10.7. The minimum absolute atomic E-state index is 0.0243. The van der Waals surface area contributed by atoms with Crippen molar-refractivity contribution in [1.82, 2.24) is 9.96 Å². The maximum atomic E-state index is 10.7. The lowest BCUT2D eigenvalue weighted by atomic mass is 10.4. The lowest BCUT2D eigenvalue weighted by molar-refractivity contribution is -0.157. The van der Waals surface area contributed by atoms with E-state index in [-0.39, 0.29) is 12.5 Å². The third-order valence-corrected chi connectivity index (χ3v) is 1.44. The standard InChI is InChI=1S/C5H10N2O2/c1-6-2-3-7(9)4-5(6)8/h9H,2-4H2,1H3. The van der Waals surface area contributed by atoms with Gasteiger partial charge in [0.15, 0.2) is 0 Å². The van der Waals surface area contributed by atoms with Gasteiger partial charge in [0.2, 0.25) is 5.91 Å². The molecule has 0 radical (unpaired) electrons. The summed E-state index contributed by atoms with van der Waals surface area (Å²) >= 11 is 0. The van der Waals surface area contributed by atoms with Crippen molar-refractivity contribution in [1.29, 1.82) is 0 Å². The zero-order valence-corrected chi connectivity index (χ0v) is 5.37. The van der Waals surface area contributed by atoms with Crippen molar-refractivity contribution in [2.75, 3.05) is 26.7 Å². The molecule has 0 bridgehead atoms. The van der Waals surface area contributed by atoms with Crippen LogP contribution in [0.2, 0.25) is 0 Å². The molecule has 1 amide bonds. The molecule has 0 aliphatic carbocycles. The lowest BCUT2D eigenvalue weighted by Gasteiger charge is -2.27. The molecule has 0 aromatic heterocycles. The van der Waals surface area contributed by atoms with E-state index < -0.39 is 0 Å². The summed E-state index contributed by atoms with van der Waals surface area (Å²) in [7, 11) is 1.73. The van der Waals surface area contributed by atoms with Crippen LogP contribution in [0.15, 0.2) is 0 Å². The molecule has 0 saturated carbocycles. The normalized spacial score (nSPS) is 22.9. The number of hydrogen-bond donors (Lipinski definition) is 1. The number of hydrogen-bond acceptors (Lipinski definition) is 3. The number of piperazine rings is 1. The smallest absolute Gasteiger partial charge is 0.238 e. The van der Waals surface area contributed by atoms with E-state index in [1.54, 1.807) is 11.9 Å². The predicted octanol–water partition coefficient (Wildman–Crippen LogP) is -0.850. The molecule has 1 saturated heterocycles. The molecule has 9 heavy (non-hydrogen) atoms. The SMILES string of the molecule is CN1CCN(O)CC1=O. The molecular formula is C5H10N2O2. The molecule has 1 heterocycles. The number of carbonyl (C=O) groups is 1. The van der Waals surface area contributed by atoms with Gasteiger partial charge in [-0.3, -0.25) is 4.79 Å². The summed E-state index contributed by atoms with van der Waals surface area (Å²) < 4.78 is 0. The fourth-order valence-corrected chi connectivity index (χ4v) is 0.746. The Kier molecular flexibility index (Phi) is 1.68. The molecule has 0 atom stereocenters. The van der Waals surface area contributed by atoms with Crippen LogP contribution in [0.4, 0.5) is 0 Å². The van der Waals surface area contributed by atoms with Gasteiger partial charge in [-0.2, -0.15) is 5.06 Å². The minimum atomic E-state index is -0.0243. The number of likely N-dealkylation sites (N-methyl/N-ethyl adjacent to an activating group) is 1. The Labute approximate surface area is 53.6 Å². The van der Waals surface area contributed by atoms with Crippen LogP contribution in [-0.2, 0) is 4.79 Å². The summed E-state index contributed by atoms with van der Waals surface area (Å²) in [5, 5.41) is 9.81. The van der Waals surface area contributed by atoms with Crippen LogP contribution in [0.3, 0.4) is 0 Å². The van der Waals surface area contributed by atoms with Crippen LogP contribution in [0.1, 0.15) is 0 Å². The van der Waals surface area contributed by atoms with Gasteiger partial charge in [0.1, 0.15) is 6.54 Å². The highest BCUT2D eigenvalue weighted by Crippen LogP contribution is 1.95. The Hall–Kier alpha value is -0.610. The summed E-state index contributed by atoms with van der Waals surface area (Å²) in [4.78, 5) is 12.3. The van der Waals surface area contributed by atoms with Gasteiger partial charge in [-0.25, -0.2) is 0 Å². The number of amides is 1. The second-order valence-corrected chi connectivity index (χ2v) is 2.20. The van der Waals surface area contributed by atoms with Gasteiger partial charge in [0.25, 0.3) is 0 Å². The van der Waals surface area contributed by atoms with Gasteiger partial charge in [0, 0.05) is 20.1 Å². The Morgan fingerprint density at radius 3 is 2.67 bits per heavy atom. The quantitative estimate of drug-likeness (QED) is 0.464. The average molecular weight is 130 g/mol. The topological polar surface area (TPSA) is 43.8 Å². The highest BCUT2D eigenvalue weighted by atomic mass is 16.5. The number of rotatable bonds is 0. The van der Waals surface area contributed by atoms with Crippen LogP contribution in [0.25, 0.3) is 0 Å². The molecular weight excluding hydrogens is 120 g/mol. The van der Waals surface area contributed by atoms with E-state index in [0.717, 1.165) is 5.06 Å². The first kappa shape index (κ1) is 6.51. The first-order chi connectivity index (χ1) is 4.20. The molecule has 1 rings (SSSR count). The van der Waals surface area contributed by atoms with E-state index in [9.17, 15) is 4.79 Å². The molecule has 4 heteroatoms. The molecule has 0 aromatic rings. The highest BCUT2D eigenvalue weighted by molar-refractivity contribution is 5.78. The van der Waals surface area contributed by atoms with Crippen molar-refractivity contribution in [2.24, 2.45) is 0 Å². The summed E-state index contributed by atoms with van der Waals surface area (Å²) in [6.45, 7) is 1.31. The van der Waals surface area contributed by atoms with E-state index >= 15 is 0 Å². The third-order valence-electron chi connectivity index (χ3n) is 1.44. The monoisotopic (exact) mass is 130 g/mol. The maximum Gasteiger partial charge on any atom is 0.238 e. The molecule has 0 spiro atoms. The zero-order chi connectivity index (χ0) is 6.85. The van der Waals surface area contributed by atoms with Gasteiger partial charge >= 0.3 is 0 Å². The third kappa shape index (κ3) is 1.40. The predicted molar refractivity (Wildman–Crippen MR) is 31.0 cm³/mol. The van der Waals surface area contributed by atoms with Crippen molar-refractivity contribution >= 4 is 5.91 Å². The van der Waals surface area contributed by atoms with Crippen LogP contribution in [0.5, 0.6) is 0 Å². The summed E-state index contributed by atoms with van der Waals surface area (Å²) in [6, 6.07) is 0. The van der Waals surface area contributed by atoms with E-state index in [1.165, 1.54) is 0 Å². The van der Waals surface area contributed by atoms with Gasteiger partial charge in [-0.05, 0) is 0 Å². The van der Waals surface area contributed by atoms with Crippen molar-refractivity contribution in [3.63, 3.8) is 0 Å². The molecule has 0 aromatic carbocycles. The van der Waals surface area contributed by atoms with Gasteiger partial charge < -0.3 is 10.1 Å². The molecule has 4 nitrogen and oxygen atoms in total. The van der Waals surface area contributed by atoms with Crippen molar-refractivity contribution in [2.45, 2.75) is 0 Å². The number of nitrogens with zero attached hydrogens (tertiary/aromatic N) is 2. The molecule has 1 fully saturated rings. The van der Waals surface area contributed by atoms with Gasteiger partial charge in [-0.15, -0.1) is 0 Å². The molecule has 52 valence electrons. The minimum Gasteiger partial charge on any atom is -0.343 e. The second kappa shape index (κ2) is 2.33. The molecule has 0 unspecified atom stereocenters. The van der Waals surface area contributed by atoms with Gasteiger partial charge in [0.05, 0.1) is 0 Å². The Balaban J connectivity index is 2.44. The zero-order valence-electron chi connectivity index (χ0n) is 5.37. The number of hydroxylamine groups is 2. The van der Waals surface area contributed by atoms with E-state index in [0.29, 0.717) is 13.1 Å². The second-order valence-electron chi connectivity index (χ2n) is 2.20. The van der Waals surface area contributed by atoms with Crippen LogP contribution < -0.4 is 0 Å². The van der Waals surface area contributed by atoms with E-state index in [2.05, 4.69) is 0 Å². The average Bonchev–Trinajstić information content (AvgIpc) is 1.80. The Morgan fingerprint density at radius 1 is 1.56 bits per heavy atom. The van der Waals surface area contributed by atoms with E-state index in [4.69, 9.17) is 5.21 Å². The van der Waals surface area contributed by atoms with Gasteiger partial charge in [-0.1, -0.05) is 0 Å². The van der Waals surface area contributed by atoms with Crippen LogP contribution >= 0.6 is 0 Å². The van der Waals surface area contributed by atoms with Crippen molar-refractivity contribution in [3.05, 3.63) is 0 Å². The highest BCUT2D eigenvalue weighted by Gasteiger charge is 2.18. The summed E-state index contributed by atoms with van der Waals surface area (Å²) in [5.41, 5.74) is 0. The first-order valence-corrected chi connectivity index (χ1v) is 2.88. The first-order valence-electron chi connectivity index (χ1n) is 2.88. The Bertz CT molecular complexity index is 126. The summed E-state index contributed by atoms with van der Waals surface area (Å²) in [6.07, 6.45) is 0.